The van der Waals surface area contributed by atoms with E-state index in [0.29, 0.717) is 26.1 Å². The van der Waals surface area contributed by atoms with Crippen molar-refractivity contribution >= 4 is 11.9 Å². The van der Waals surface area contributed by atoms with E-state index in [1.807, 2.05) is 13.8 Å². The van der Waals surface area contributed by atoms with Gasteiger partial charge in [0.05, 0.1) is 42.4 Å². The summed E-state index contributed by atoms with van der Waals surface area (Å²) in [6.45, 7) is 8.45. The van der Waals surface area contributed by atoms with Crippen LogP contribution in [0.3, 0.4) is 0 Å². The Morgan fingerprint density at radius 2 is 1.87 bits per heavy atom. The topological polar surface area (TPSA) is 116 Å². The number of esters is 2. The molecule has 0 amide bonds. The molecule has 4 fully saturated rings. The Labute approximate surface area is 222 Å². The van der Waals surface area contributed by atoms with Crippen molar-refractivity contribution < 1.29 is 43.1 Å². The number of rotatable bonds is 1. The van der Waals surface area contributed by atoms with Crippen molar-refractivity contribution in [2.24, 2.45) is 10.8 Å². The van der Waals surface area contributed by atoms with Crippen LogP contribution in [0.2, 0.25) is 0 Å². The van der Waals surface area contributed by atoms with Crippen LogP contribution in [0.5, 0.6) is 0 Å². The molecule has 9 nitrogen and oxygen atoms in total. The van der Waals surface area contributed by atoms with E-state index in [4.69, 9.17) is 28.4 Å². The summed E-state index contributed by atoms with van der Waals surface area (Å²) in [5.41, 5.74) is -0.222. The fourth-order valence-corrected chi connectivity index (χ4v) is 7.26. The molecule has 1 saturated carbocycles. The van der Waals surface area contributed by atoms with E-state index in [1.54, 1.807) is 25.2 Å². The molecule has 2 spiro atoms. The summed E-state index contributed by atoms with van der Waals surface area (Å²) in [4.78, 5) is 26.0. The summed E-state index contributed by atoms with van der Waals surface area (Å²) in [6.07, 6.45) is 8.09. The van der Waals surface area contributed by atoms with Crippen LogP contribution >= 0.6 is 0 Å². The van der Waals surface area contributed by atoms with Gasteiger partial charge in [0, 0.05) is 18.6 Å². The minimum atomic E-state index is -0.786. The molecule has 10 atom stereocenters. The Bertz CT molecular complexity index is 1130. The number of aliphatic hydroxyl groups is 1. The van der Waals surface area contributed by atoms with E-state index < -0.39 is 46.7 Å². The van der Waals surface area contributed by atoms with Gasteiger partial charge in [0.1, 0.15) is 36.6 Å². The number of hydrogen-bond donors (Lipinski definition) is 1. The molecule has 4 heterocycles. The van der Waals surface area contributed by atoms with Gasteiger partial charge >= 0.3 is 11.9 Å². The van der Waals surface area contributed by atoms with Gasteiger partial charge < -0.3 is 33.5 Å². The summed E-state index contributed by atoms with van der Waals surface area (Å²) < 4.78 is 36.8. The molecule has 1 N–H and O–H groups in total. The third-order valence-electron chi connectivity index (χ3n) is 9.58. The van der Waals surface area contributed by atoms with Crippen molar-refractivity contribution in [3.63, 3.8) is 0 Å². The number of aliphatic hydroxyl groups excluding tert-OH is 1. The van der Waals surface area contributed by atoms with Crippen LogP contribution in [0.25, 0.3) is 0 Å². The first-order chi connectivity index (χ1) is 18.1. The van der Waals surface area contributed by atoms with Crippen LogP contribution in [0.1, 0.15) is 40.5 Å². The average Bonchev–Trinajstić information content (AvgIpc) is 3.76. The molecule has 2 bridgehead atoms. The van der Waals surface area contributed by atoms with Crippen molar-refractivity contribution in [1.29, 1.82) is 0 Å². The number of allylic oxidation sites excluding steroid dienone is 2. The fourth-order valence-electron chi connectivity index (χ4n) is 7.26. The van der Waals surface area contributed by atoms with Gasteiger partial charge in [-0.15, -0.1) is 0 Å². The second-order valence-electron chi connectivity index (χ2n) is 11.7. The van der Waals surface area contributed by atoms with Crippen LogP contribution < -0.4 is 0 Å². The van der Waals surface area contributed by atoms with Crippen molar-refractivity contribution in [3.05, 3.63) is 47.6 Å². The minimum Gasteiger partial charge on any atom is -0.462 e. The zero-order valence-electron chi connectivity index (χ0n) is 22.3. The van der Waals surface area contributed by atoms with E-state index >= 15 is 0 Å². The summed E-state index contributed by atoms with van der Waals surface area (Å²) in [5, 5.41) is 10.1. The lowest BCUT2D eigenvalue weighted by Crippen LogP contribution is -2.69. The second kappa shape index (κ2) is 9.13. The van der Waals surface area contributed by atoms with E-state index in [0.717, 1.165) is 11.1 Å². The summed E-state index contributed by atoms with van der Waals surface area (Å²) >= 11 is 0. The maximum atomic E-state index is 13.0. The highest BCUT2D eigenvalue weighted by Crippen LogP contribution is 2.74. The molecule has 9 heteroatoms. The van der Waals surface area contributed by atoms with Gasteiger partial charge in [-0.3, -0.25) is 0 Å². The van der Waals surface area contributed by atoms with Crippen LogP contribution in [0, 0.1) is 10.8 Å². The molecule has 206 valence electrons. The molecule has 0 aromatic carbocycles. The molecule has 0 aromatic rings. The number of hydrogen-bond acceptors (Lipinski definition) is 9. The SMILES string of the molecule is CC1=C[C@H]2O[C@@H]3C[C@H]4OC(=O)/C=C\C=C/[C@@H]([C@@H](C)O)OCC/C(C)=C\C(=O)OC[C@@]2([C@H]2O[C@@H]12)[C@]4(C)[C@@]31CO1. The predicted molar refractivity (Wildman–Crippen MR) is 134 cm³/mol. The highest BCUT2D eigenvalue weighted by molar-refractivity contribution is 5.83. The number of fused-ring (bicyclic) bond motifs is 1. The van der Waals surface area contributed by atoms with Crippen molar-refractivity contribution in [3.8, 4) is 0 Å². The van der Waals surface area contributed by atoms with Gasteiger partial charge in [0.25, 0.3) is 0 Å². The van der Waals surface area contributed by atoms with Crippen molar-refractivity contribution in [1.82, 2.24) is 0 Å². The van der Waals surface area contributed by atoms with Crippen LogP contribution in [0.15, 0.2) is 47.6 Å². The first kappa shape index (κ1) is 26.0. The highest BCUT2D eigenvalue weighted by Gasteiger charge is 2.87. The average molecular weight is 529 g/mol. The first-order valence-electron chi connectivity index (χ1n) is 13.4. The zero-order valence-corrected chi connectivity index (χ0v) is 22.3. The fraction of sp³-hybridized carbons (Fsp3) is 0.655. The van der Waals surface area contributed by atoms with E-state index in [2.05, 4.69) is 13.0 Å². The van der Waals surface area contributed by atoms with Gasteiger partial charge in [0.15, 0.2) is 0 Å². The van der Waals surface area contributed by atoms with Gasteiger partial charge in [0.2, 0.25) is 0 Å². The first-order valence-corrected chi connectivity index (χ1v) is 13.4. The molecule has 0 unspecified atom stereocenters. The summed E-state index contributed by atoms with van der Waals surface area (Å²) in [5.74, 6) is -0.948. The van der Waals surface area contributed by atoms with Gasteiger partial charge in [-0.05, 0) is 32.8 Å². The second-order valence-corrected chi connectivity index (χ2v) is 11.7. The predicted octanol–water partition coefficient (Wildman–Crippen LogP) is 2.33. The van der Waals surface area contributed by atoms with Gasteiger partial charge in [-0.25, -0.2) is 9.59 Å². The quantitative estimate of drug-likeness (QED) is 0.311. The monoisotopic (exact) mass is 528 g/mol. The minimum absolute atomic E-state index is 0.0484. The van der Waals surface area contributed by atoms with E-state index in [-0.39, 0.29) is 31.0 Å². The molecular formula is C29H36O9. The number of cyclic esters (lactones) is 1. The molecular weight excluding hydrogens is 492 g/mol. The van der Waals surface area contributed by atoms with Crippen LogP contribution in [-0.2, 0) is 38.0 Å². The lowest BCUT2D eigenvalue weighted by atomic mass is 9.51. The van der Waals surface area contributed by atoms with Gasteiger partial charge in [-0.1, -0.05) is 36.8 Å². The Kier molecular flexibility index (Phi) is 6.23. The Hall–Kier alpha value is -2.30. The summed E-state index contributed by atoms with van der Waals surface area (Å²) in [6, 6.07) is 0. The molecule has 0 aromatic heterocycles. The molecule has 6 aliphatic rings. The Morgan fingerprint density at radius 1 is 1.08 bits per heavy atom. The third-order valence-corrected chi connectivity index (χ3v) is 9.58. The molecule has 3 saturated heterocycles. The smallest absolute Gasteiger partial charge is 0.331 e. The lowest BCUT2D eigenvalue weighted by molar-refractivity contribution is -0.235. The van der Waals surface area contributed by atoms with E-state index in [1.165, 1.54) is 12.2 Å². The van der Waals surface area contributed by atoms with Crippen LogP contribution in [0.4, 0.5) is 0 Å². The maximum absolute atomic E-state index is 13.0. The Balaban J connectivity index is 1.38. The normalized spacial score (nSPS) is 50.0. The number of carbonyl (C=O) groups excluding carboxylic acids is 2. The van der Waals surface area contributed by atoms with E-state index in [9.17, 15) is 14.7 Å². The Morgan fingerprint density at radius 3 is 2.61 bits per heavy atom. The zero-order chi connectivity index (χ0) is 26.9. The van der Waals surface area contributed by atoms with Crippen molar-refractivity contribution in [2.75, 3.05) is 19.8 Å². The summed E-state index contributed by atoms with van der Waals surface area (Å²) in [7, 11) is 0. The molecule has 6 rings (SSSR count). The standard InChI is InChI=1S/C29H36O9/c1-16-9-10-33-19(18(3)30)7-5-6-8-23(31)37-20-13-22-29(15-35-29)27(20,4)28(14-34-24(32)11-16)21(36-22)12-17(2)25-26(28)38-25/h5-8,11-12,18-22,25-26,30H,9-10,13-15H2,1-4H3/b7-5-,8-6-,16-11-/t18-,19+,20-,21-,22-,25+,26+,27-,28-,29-/m1/s1. The molecule has 2 aliphatic carbocycles. The number of carbonyl (C=O) groups is 2. The number of ether oxygens (including phenoxy) is 6. The molecule has 0 radical (unpaired) electrons. The highest BCUT2D eigenvalue weighted by atomic mass is 16.7. The lowest BCUT2D eigenvalue weighted by Gasteiger charge is -2.57. The van der Waals surface area contributed by atoms with Crippen molar-refractivity contribution in [2.45, 2.75) is 88.9 Å². The number of epoxide rings is 2. The largest absolute Gasteiger partial charge is 0.462 e. The maximum Gasteiger partial charge on any atom is 0.331 e. The van der Waals surface area contributed by atoms with Crippen LogP contribution in [-0.4, -0.2) is 85.2 Å². The third kappa shape index (κ3) is 3.78. The van der Waals surface area contributed by atoms with Gasteiger partial charge in [-0.2, -0.15) is 0 Å². The molecule has 4 aliphatic heterocycles. The molecule has 38 heavy (non-hydrogen) atoms.